The van der Waals surface area contributed by atoms with E-state index in [0.29, 0.717) is 15.6 Å². The van der Waals surface area contributed by atoms with Crippen LogP contribution >= 0.6 is 23.2 Å². The predicted octanol–water partition coefficient (Wildman–Crippen LogP) is 3.72. The molecule has 21 heavy (non-hydrogen) atoms. The van der Waals surface area contributed by atoms with E-state index in [9.17, 15) is 9.59 Å². The van der Waals surface area contributed by atoms with Crippen molar-refractivity contribution in [2.45, 2.75) is 13.0 Å². The highest BCUT2D eigenvalue weighted by atomic mass is 35.5. The highest BCUT2D eigenvalue weighted by molar-refractivity contribution is 6.42. The van der Waals surface area contributed by atoms with E-state index >= 15 is 0 Å². The smallest absolute Gasteiger partial charge is 0.261 e. The van der Waals surface area contributed by atoms with E-state index in [4.69, 9.17) is 23.2 Å². The first-order valence-electron chi connectivity index (χ1n) is 6.43. The molecule has 3 nitrogen and oxygen atoms in total. The van der Waals surface area contributed by atoms with Gasteiger partial charge in [0.2, 0.25) is 5.91 Å². The third kappa shape index (κ3) is 2.67. The quantitative estimate of drug-likeness (QED) is 0.791. The van der Waals surface area contributed by atoms with Crippen LogP contribution in [0.2, 0.25) is 10.0 Å². The normalized spacial score (nSPS) is 14.3. The van der Waals surface area contributed by atoms with Crippen LogP contribution in [-0.2, 0) is 17.8 Å². The van der Waals surface area contributed by atoms with E-state index < -0.39 is 0 Å². The van der Waals surface area contributed by atoms with Gasteiger partial charge in [-0.1, -0.05) is 47.5 Å². The molecule has 1 heterocycles. The lowest BCUT2D eigenvalue weighted by atomic mass is 9.98. The number of benzene rings is 2. The van der Waals surface area contributed by atoms with Crippen molar-refractivity contribution in [2.24, 2.45) is 0 Å². The lowest BCUT2D eigenvalue weighted by Crippen LogP contribution is -2.41. The molecule has 0 saturated carbocycles. The zero-order valence-electron chi connectivity index (χ0n) is 11.0. The van der Waals surface area contributed by atoms with Gasteiger partial charge in [-0.05, 0) is 29.3 Å². The van der Waals surface area contributed by atoms with Crippen LogP contribution in [0, 0.1) is 0 Å². The Labute approximate surface area is 132 Å². The summed E-state index contributed by atoms with van der Waals surface area (Å²) in [6.07, 6.45) is 0.239. The Balaban J connectivity index is 1.91. The van der Waals surface area contributed by atoms with Crippen LogP contribution < -0.4 is 0 Å². The molecule has 0 fully saturated rings. The minimum atomic E-state index is -0.270. The highest BCUT2D eigenvalue weighted by Crippen LogP contribution is 2.25. The Morgan fingerprint density at radius 1 is 1.00 bits per heavy atom. The largest absolute Gasteiger partial charge is 0.274 e. The number of carbonyl (C=O) groups is 2. The number of halogens is 2. The van der Waals surface area contributed by atoms with Crippen LogP contribution in [-0.4, -0.2) is 16.7 Å². The van der Waals surface area contributed by atoms with E-state index in [1.54, 1.807) is 30.3 Å². The van der Waals surface area contributed by atoms with Crippen molar-refractivity contribution < 1.29 is 9.59 Å². The monoisotopic (exact) mass is 319 g/mol. The molecule has 2 amide bonds. The highest BCUT2D eigenvalue weighted by Gasteiger charge is 2.30. The molecule has 1 aliphatic heterocycles. The summed E-state index contributed by atoms with van der Waals surface area (Å²) >= 11 is 11.8. The fourth-order valence-electron chi connectivity index (χ4n) is 2.38. The van der Waals surface area contributed by atoms with Gasteiger partial charge in [-0.3, -0.25) is 14.5 Å². The van der Waals surface area contributed by atoms with Gasteiger partial charge in [-0.15, -0.1) is 0 Å². The molecule has 0 atom stereocenters. The standard InChI is InChI=1S/C16H11Cl2NO2/c17-13-6-5-10(7-14(13)18)9-19-15(20)8-11-3-1-2-4-12(11)16(19)21/h1-7H,8-9H2. The SMILES string of the molecule is O=C1Cc2ccccc2C(=O)N1Cc1ccc(Cl)c(Cl)c1. The number of amides is 2. The van der Waals surface area contributed by atoms with Crippen LogP contribution in [0.4, 0.5) is 0 Å². The van der Waals surface area contributed by atoms with Crippen molar-refractivity contribution >= 4 is 35.0 Å². The van der Waals surface area contributed by atoms with Crippen LogP contribution in [0.15, 0.2) is 42.5 Å². The van der Waals surface area contributed by atoms with Gasteiger partial charge in [0.25, 0.3) is 5.91 Å². The Hall–Kier alpha value is -1.84. The summed E-state index contributed by atoms with van der Waals surface area (Å²) < 4.78 is 0. The van der Waals surface area contributed by atoms with Crippen molar-refractivity contribution in [3.63, 3.8) is 0 Å². The van der Waals surface area contributed by atoms with Crippen LogP contribution in [0.25, 0.3) is 0 Å². The molecule has 0 aromatic heterocycles. The van der Waals surface area contributed by atoms with E-state index in [1.165, 1.54) is 4.90 Å². The van der Waals surface area contributed by atoms with Crippen molar-refractivity contribution in [3.05, 3.63) is 69.2 Å². The molecule has 2 aromatic carbocycles. The van der Waals surface area contributed by atoms with Crippen molar-refractivity contribution in [2.75, 3.05) is 0 Å². The van der Waals surface area contributed by atoms with Crippen molar-refractivity contribution in [1.29, 1.82) is 0 Å². The lowest BCUT2D eigenvalue weighted by Gasteiger charge is -2.26. The minimum Gasteiger partial charge on any atom is -0.274 e. The molecule has 2 aromatic rings. The van der Waals surface area contributed by atoms with Gasteiger partial charge in [0.05, 0.1) is 23.0 Å². The topological polar surface area (TPSA) is 37.4 Å². The summed E-state index contributed by atoms with van der Waals surface area (Å²) in [6.45, 7) is 0.197. The van der Waals surface area contributed by atoms with Gasteiger partial charge in [0.1, 0.15) is 0 Å². The van der Waals surface area contributed by atoms with E-state index in [2.05, 4.69) is 0 Å². The fourth-order valence-corrected chi connectivity index (χ4v) is 2.70. The Kier molecular flexibility index (Phi) is 3.70. The average Bonchev–Trinajstić information content (AvgIpc) is 2.47. The first-order chi connectivity index (χ1) is 10.1. The van der Waals surface area contributed by atoms with Gasteiger partial charge in [-0.25, -0.2) is 0 Å². The molecule has 0 unspecified atom stereocenters. The molecule has 0 saturated heterocycles. The molecular formula is C16H11Cl2NO2. The zero-order chi connectivity index (χ0) is 15.0. The lowest BCUT2D eigenvalue weighted by molar-refractivity contribution is -0.128. The van der Waals surface area contributed by atoms with Gasteiger partial charge in [-0.2, -0.15) is 0 Å². The van der Waals surface area contributed by atoms with Crippen molar-refractivity contribution in [3.8, 4) is 0 Å². The van der Waals surface area contributed by atoms with E-state index in [1.807, 2.05) is 12.1 Å². The maximum Gasteiger partial charge on any atom is 0.261 e. The van der Waals surface area contributed by atoms with Gasteiger partial charge >= 0.3 is 0 Å². The van der Waals surface area contributed by atoms with Gasteiger partial charge in [0, 0.05) is 5.56 Å². The van der Waals surface area contributed by atoms with Crippen LogP contribution in [0.5, 0.6) is 0 Å². The first-order valence-corrected chi connectivity index (χ1v) is 7.18. The minimum absolute atomic E-state index is 0.197. The Morgan fingerprint density at radius 2 is 1.76 bits per heavy atom. The number of rotatable bonds is 2. The summed E-state index contributed by atoms with van der Waals surface area (Å²) in [6, 6.07) is 12.3. The van der Waals surface area contributed by atoms with Crippen LogP contribution in [0.3, 0.4) is 0 Å². The van der Waals surface area contributed by atoms with E-state index in [0.717, 1.165) is 11.1 Å². The maximum absolute atomic E-state index is 12.4. The molecule has 106 valence electrons. The van der Waals surface area contributed by atoms with Crippen molar-refractivity contribution in [1.82, 2.24) is 4.90 Å². The molecular weight excluding hydrogens is 309 g/mol. The maximum atomic E-state index is 12.4. The summed E-state index contributed by atoms with van der Waals surface area (Å²) in [5, 5.41) is 0.855. The molecule has 3 rings (SSSR count). The fraction of sp³-hybridized carbons (Fsp3) is 0.125. The molecule has 5 heteroatoms. The first kappa shape index (κ1) is 14.1. The Morgan fingerprint density at radius 3 is 2.52 bits per heavy atom. The van der Waals surface area contributed by atoms with Crippen LogP contribution in [0.1, 0.15) is 21.5 Å². The molecule has 0 aliphatic carbocycles. The summed E-state index contributed by atoms with van der Waals surface area (Å²) in [5.74, 6) is -0.474. The molecule has 0 spiro atoms. The Bertz CT molecular complexity index is 743. The summed E-state index contributed by atoms with van der Waals surface area (Å²) in [4.78, 5) is 25.9. The molecule has 0 bridgehead atoms. The number of hydrogen-bond acceptors (Lipinski definition) is 2. The number of hydrogen-bond donors (Lipinski definition) is 0. The predicted molar refractivity (Wildman–Crippen MR) is 81.5 cm³/mol. The second-order valence-electron chi connectivity index (χ2n) is 4.87. The molecule has 0 radical (unpaired) electrons. The third-order valence-electron chi connectivity index (χ3n) is 3.46. The number of imide groups is 1. The number of carbonyl (C=O) groups excluding carboxylic acids is 2. The third-order valence-corrected chi connectivity index (χ3v) is 4.20. The number of fused-ring (bicyclic) bond motifs is 1. The average molecular weight is 320 g/mol. The number of nitrogens with zero attached hydrogens (tertiary/aromatic N) is 1. The molecule has 1 aliphatic rings. The van der Waals surface area contributed by atoms with Gasteiger partial charge < -0.3 is 0 Å². The summed E-state index contributed by atoms with van der Waals surface area (Å²) in [7, 11) is 0. The van der Waals surface area contributed by atoms with Gasteiger partial charge in [0.15, 0.2) is 0 Å². The molecule has 0 N–H and O–H groups in total. The second kappa shape index (κ2) is 5.51. The van der Waals surface area contributed by atoms with E-state index in [-0.39, 0.29) is 24.8 Å². The zero-order valence-corrected chi connectivity index (χ0v) is 12.5. The second-order valence-corrected chi connectivity index (χ2v) is 5.68. The summed E-state index contributed by atoms with van der Waals surface area (Å²) in [5.41, 5.74) is 2.13.